The van der Waals surface area contributed by atoms with Crippen LogP contribution in [0.4, 0.5) is 10.1 Å². The molecule has 0 spiro atoms. The first-order valence-electron chi connectivity index (χ1n) is 9.48. The summed E-state index contributed by atoms with van der Waals surface area (Å²) in [5, 5.41) is 2.60. The van der Waals surface area contributed by atoms with E-state index in [9.17, 15) is 18.8 Å². The Morgan fingerprint density at radius 2 is 1.79 bits per heavy atom. The van der Waals surface area contributed by atoms with Crippen LogP contribution in [0.15, 0.2) is 48.5 Å². The number of carbonyl (C=O) groups is 3. The summed E-state index contributed by atoms with van der Waals surface area (Å²) < 4.78 is 18.2. The minimum atomic E-state index is -0.925. The molecule has 6 nitrogen and oxygen atoms in total. The summed E-state index contributed by atoms with van der Waals surface area (Å²) in [6.45, 7) is 3.66. The maximum atomic E-state index is 13.0. The largest absolute Gasteiger partial charge is 0.454 e. The van der Waals surface area contributed by atoms with Crippen LogP contribution >= 0.6 is 0 Å². The molecule has 0 saturated heterocycles. The molecular formula is C22H23FN2O4. The predicted octanol–water partition coefficient (Wildman–Crippen LogP) is 2.71. The molecule has 1 N–H and O–H groups in total. The average molecular weight is 398 g/mol. The number of ether oxygens (including phenoxy) is 1. The predicted molar refractivity (Wildman–Crippen MR) is 106 cm³/mol. The zero-order valence-corrected chi connectivity index (χ0v) is 16.4. The fraction of sp³-hybridized carbons (Fsp3) is 0.318. The van der Waals surface area contributed by atoms with E-state index in [2.05, 4.69) is 5.32 Å². The molecule has 1 aliphatic rings. The number of rotatable bonds is 6. The minimum absolute atomic E-state index is 0.231. The molecule has 0 radical (unpaired) electrons. The van der Waals surface area contributed by atoms with Gasteiger partial charge in [-0.3, -0.25) is 9.59 Å². The third kappa shape index (κ3) is 4.80. The lowest BCUT2D eigenvalue weighted by molar-refractivity contribution is -0.150. The molecule has 29 heavy (non-hydrogen) atoms. The molecular weight excluding hydrogens is 375 g/mol. The number of benzene rings is 2. The first kappa shape index (κ1) is 20.5. The summed E-state index contributed by atoms with van der Waals surface area (Å²) in [7, 11) is 0. The monoisotopic (exact) mass is 398 g/mol. The minimum Gasteiger partial charge on any atom is -0.454 e. The molecule has 2 amide bonds. The molecule has 1 unspecified atom stereocenters. The number of amides is 2. The van der Waals surface area contributed by atoms with E-state index in [-0.39, 0.29) is 17.4 Å². The molecule has 1 aliphatic heterocycles. The second-order valence-corrected chi connectivity index (χ2v) is 7.23. The molecule has 0 saturated carbocycles. The van der Waals surface area contributed by atoms with Crippen molar-refractivity contribution in [2.75, 3.05) is 18.1 Å². The van der Waals surface area contributed by atoms with Crippen molar-refractivity contribution in [2.45, 2.75) is 26.3 Å². The van der Waals surface area contributed by atoms with Gasteiger partial charge in [-0.1, -0.05) is 32.0 Å². The van der Waals surface area contributed by atoms with Gasteiger partial charge in [0.05, 0.1) is 0 Å². The highest BCUT2D eigenvalue weighted by Crippen LogP contribution is 2.27. The highest BCUT2D eigenvalue weighted by Gasteiger charge is 2.29. The van der Waals surface area contributed by atoms with Crippen molar-refractivity contribution in [1.82, 2.24) is 5.32 Å². The number of esters is 1. The van der Waals surface area contributed by atoms with Gasteiger partial charge in [0.15, 0.2) is 6.61 Å². The number of hydrogen-bond acceptors (Lipinski definition) is 4. The van der Waals surface area contributed by atoms with Crippen LogP contribution in [-0.4, -0.2) is 37.0 Å². The number of hydrogen-bond donors (Lipinski definition) is 1. The lowest BCUT2D eigenvalue weighted by atomic mass is 10.0. The Kier molecular flexibility index (Phi) is 6.26. The van der Waals surface area contributed by atoms with Gasteiger partial charge in [0, 0.05) is 17.8 Å². The third-order valence-corrected chi connectivity index (χ3v) is 4.84. The van der Waals surface area contributed by atoms with Crippen molar-refractivity contribution in [3.63, 3.8) is 0 Å². The van der Waals surface area contributed by atoms with E-state index in [1.54, 1.807) is 18.7 Å². The van der Waals surface area contributed by atoms with Gasteiger partial charge in [-0.05, 0) is 48.2 Å². The molecule has 7 heteroatoms. The zero-order chi connectivity index (χ0) is 21.0. The van der Waals surface area contributed by atoms with E-state index in [0.717, 1.165) is 17.7 Å². The number of para-hydroxylation sites is 1. The lowest BCUT2D eigenvalue weighted by Gasteiger charge is -2.22. The van der Waals surface area contributed by atoms with Crippen LogP contribution in [0.25, 0.3) is 0 Å². The van der Waals surface area contributed by atoms with Gasteiger partial charge >= 0.3 is 5.97 Å². The lowest BCUT2D eigenvalue weighted by Crippen LogP contribution is -2.46. The smallest absolute Gasteiger partial charge is 0.329 e. The molecule has 1 heterocycles. The summed E-state index contributed by atoms with van der Waals surface area (Å²) in [4.78, 5) is 39.0. The van der Waals surface area contributed by atoms with Gasteiger partial charge in [0.2, 0.25) is 0 Å². The number of anilines is 1. The van der Waals surface area contributed by atoms with Crippen molar-refractivity contribution in [1.29, 1.82) is 0 Å². The van der Waals surface area contributed by atoms with Crippen LogP contribution in [0.1, 0.15) is 29.8 Å². The standard InChI is InChI=1S/C22H23FN2O4/c1-14(2)20(24-21(27)16-7-9-17(23)10-8-16)22(28)29-13-19(26)25-12-11-15-5-3-4-6-18(15)25/h3-10,14,20H,11-13H2,1-2H3,(H,24,27). The van der Waals surface area contributed by atoms with E-state index in [4.69, 9.17) is 4.74 Å². The highest BCUT2D eigenvalue weighted by atomic mass is 19.1. The topological polar surface area (TPSA) is 75.7 Å². The van der Waals surface area contributed by atoms with Gasteiger partial charge in [-0.15, -0.1) is 0 Å². The summed E-state index contributed by atoms with van der Waals surface area (Å²) in [6, 6.07) is 11.7. The Hall–Kier alpha value is -3.22. The van der Waals surface area contributed by atoms with Crippen molar-refractivity contribution >= 4 is 23.5 Å². The molecule has 0 fully saturated rings. The molecule has 3 rings (SSSR count). The van der Waals surface area contributed by atoms with Gasteiger partial charge in [0.25, 0.3) is 11.8 Å². The summed E-state index contributed by atoms with van der Waals surface area (Å²) >= 11 is 0. The van der Waals surface area contributed by atoms with Crippen LogP contribution in [0.5, 0.6) is 0 Å². The first-order valence-corrected chi connectivity index (χ1v) is 9.48. The second kappa shape index (κ2) is 8.86. The Balaban J connectivity index is 1.59. The van der Waals surface area contributed by atoms with Crippen molar-refractivity contribution in [3.05, 3.63) is 65.5 Å². The molecule has 1 atom stereocenters. The average Bonchev–Trinajstić information content (AvgIpc) is 3.14. The zero-order valence-electron chi connectivity index (χ0n) is 16.4. The van der Waals surface area contributed by atoms with Crippen molar-refractivity contribution in [2.24, 2.45) is 5.92 Å². The molecule has 0 bridgehead atoms. The highest BCUT2D eigenvalue weighted by molar-refractivity contribution is 5.99. The van der Waals surface area contributed by atoms with E-state index >= 15 is 0 Å². The van der Waals surface area contributed by atoms with E-state index in [1.165, 1.54) is 24.3 Å². The fourth-order valence-corrected chi connectivity index (χ4v) is 3.22. The fourth-order valence-electron chi connectivity index (χ4n) is 3.22. The maximum Gasteiger partial charge on any atom is 0.329 e. The Labute approximate surface area is 168 Å². The molecule has 2 aromatic rings. The maximum absolute atomic E-state index is 13.0. The molecule has 2 aromatic carbocycles. The molecule has 152 valence electrons. The van der Waals surface area contributed by atoms with Crippen LogP contribution in [0.2, 0.25) is 0 Å². The van der Waals surface area contributed by atoms with Gasteiger partial charge in [-0.25, -0.2) is 9.18 Å². The SMILES string of the molecule is CC(C)C(NC(=O)c1ccc(F)cc1)C(=O)OCC(=O)N1CCc2ccccc21. The van der Waals surface area contributed by atoms with E-state index in [1.807, 2.05) is 24.3 Å². The first-order chi connectivity index (χ1) is 13.9. The molecule has 0 aromatic heterocycles. The normalized spacial score (nSPS) is 13.7. The van der Waals surface area contributed by atoms with Crippen LogP contribution < -0.4 is 10.2 Å². The number of nitrogens with one attached hydrogen (secondary N) is 1. The second-order valence-electron chi connectivity index (χ2n) is 7.23. The Morgan fingerprint density at radius 3 is 2.48 bits per heavy atom. The summed E-state index contributed by atoms with van der Waals surface area (Å²) in [5.74, 6) is -2.22. The van der Waals surface area contributed by atoms with E-state index < -0.39 is 30.3 Å². The van der Waals surface area contributed by atoms with Gasteiger partial charge in [0.1, 0.15) is 11.9 Å². The summed E-state index contributed by atoms with van der Waals surface area (Å²) in [5.41, 5.74) is 2.15. The quantitative estimate of drug-likeness (QED) is 0.760. The number of nitrogens with zero attached hydrogens (tertiary/aromatic N) is 1. The van der Waals surface area contributed by atoms with Crippen LogP contribution in [-0.2, 0) is 20.7 Å². The Bertz CT molecular complexity index is 911. The van der Waals surface area contributed by atoms with Gasteiger partial charge in [-0.2, -0.15) is 0 Å². The summed E-state index contributed by atoms with van der Waals surface area (Å²) in [6.07, 6.45) is 0.762. The van der Waals surface area contributed by atoms with Crippen LogP contribution in [0.3, 0.4) is 0 Å². The third-order valence-electron chi connectivity index (χ3n) is 4.84. The van der Waals surface area contributed by atoms with Crippen molar-refractivity contribution in [3.8, 4) is 0 Å². The van der Waals surface area contributed by atoms with Crippen LogP contribution in [0, 0.1) is 11.7 Å². The number of halogens is 1. The van der Waals surface area contributed by atoms with Crippen molar-refractivity contribution < 1.29 is 23.5 Å². The number of fused-ring (bicyclic) bond motifs is 1. The Morgan fingerprint density at radius 1 is 1.10 bits per heavy atom. The van der Waals surface area contributed by atoms with Gasteiger partial charge < -0.3 is 15.0 Å². The number of carbonyl (C=O) groups excluding carboxylic acids is 3. The van der Waals surface area contributed by atoms with E-state index in [0.29, 0.717) is 6.54 Å². The molecule has 0 aliphatic carbocycles.